The van der Waals surface area contributed by atoms with Gasteiger partial charge in [0.25, 0.3) is 15.9 Å². The van der Waals surface area contributed by atoms with Crippen LogP contribution in [0.25, 0.3) is 0 Å². The predicted molar refractivity (Wildman–Crippen MR) is 119 cm³/mol. The molecule has 0 aliphatic carbocycles. The second-order valence-electron chi connectivity index (χ2n) is 6.02. The molecule has 0 aromatic carbocycles. The molecule has 1 unspecified atom stereocenters. The molecule has 2 N–H and O–H groups in total. The topological polar surface area (TPSA) is 168 Å². The summed E-state index contributed by atoms with van der Waals surface area (Å²) in [5, 5.41) is 9.17. The molecule has 0 fully saturated rings. The third-order valence-electron chi connectivity index (χ3n) is 3.83. The minimum Gasteiger partial charge on any atom is -0.481 e. The number of alkyl halides is 1. The minimum atomic E-state index is -4.51. The maximum Gasteiger partial charge on any atom is 0.335 e. The van der Waals surface area contributed by atoms with Crippen LogP contribution >= 0.6 is 34.2 Å². The fraction of sp³-hybridized carbons (Fsp3) is 0.400. The number of rotatable bonds is 7. The summed E-state index contributed by atoms with van der Waals surface area (Å²) >= 11 is 8.21. The maximum atomic E-state index is 13.0. The van der Waals surface area contributed by atoms with Gasteiger partial charge >= 0.3 is 6.03 Å². The fourth-order valence-electron chi connectivity index (χ4n) is 2.50. The lowest BCUT2D eigenvalue weighted by molar-refractivity contribution is 0.0229. The molecule has 0 saturated carbocycles. The Bertz CT molecular complexity index is 1130. The molecule has 0 radical (unpaired) electrons. The van der Waals surface area contributed by atoms with E-state index in [4.69, 9.17) is 30.6 Å². The van der Waals surface area contributed by atoms with Crippen molar-refractivity contribution in [1.29, 1.82) is 0 Å². The van der Waals surface area contributed by atoms with Crippen LogP contribution in [-0.4, -0.2) is 71.5 Å². The van der Waals surface area contributed by atoms with Crippen molar-refractivity contribution in [2.45, 2.75) is 11.1 Å². The van der Waals surface area contributed by atoms with E-state index < -0.39 is 21.1 Å². The van der Waals surface area contributed by atoms with Crippen molar-refractivity contribution in [2.75, 3.05) is 30.6 Å². The highest BCUT2D eigenvalue weighted by molar-refractivity contribution is 14.1. The highest BCUT2D eigenvalue weighted by Crippen LogP contribution is 2.27. The van der Waals surface area contributed by atoms with Crippen LogP contribution in [0.2, 0.25) is 5.15 Å². The third kappa shape index (κ3) is 5.23. The summed E-state index contributed by atoms with van der Waals surface area (Å²) in [4.78, 5) is 25.3. The van der Waals surface area contributed by atoms with Gasteiger partial charge in [0.1, 0.15) is 11.7 Å². The Balaban J connectivity index is 1.88. The molecule has 32 heavy (non-hydrogen) atoms. The van der Waals surface area contributed by atoms with Gasteiger partial charge < -0.3 is 19.0 Å². The molecule has 2 amide bonds. The van der Waals surface area contributed by atoms with Gasteiger partial charge in [-0.25, -0.2) is 9.52 Å². The molecule has 17 heteroatoms. The number of ether oxygens (including phenoxy) is 3. The average molecular weight is 602 g/mol. The molecule has 0 spiro atoms. The van der Waals surface area contributed by atoms with E-state index in [1.165, 1.54) is 27.3 Å². The number of sulfonamides is 1. The Hall–Kier alpha value is -2.60. The van der Waals surface area contributed by atoms with E-state index in [0.717, 1.165) is 4.68 Å². The number of hydrogen-bond donors (Lipinski definition) is 2. The number of carbonyl (C=O) groups is 1. The van der Waals surface area contributed by atoms with E-state index in [2.05, 4.69) is 48.1 Å². The van der Waals surface area contributed by atoms with Gasteiger partial charge in [0, 0.05) is 11.5 Å². The monoisotopic (exact) mass is 601 g/mol. The smallest absolute Gasteiger partial charge is 0.335 e. The fourth-order valence-corrected chi connectivity index (χ4v) is 4.51. The minimum absolute atomic E-state index is 0.0907. The molecule has 0 saturated heterocycles. The number of carbonyl (C=O) groups excluding carboxylic acids is 1. The van der Waals surface area contributed by atoms with Crippen molar-refractivity contribution in [2.24, 2.45) is 12.2 Å². The second kappa shape index (κ2) is 9.90. The molecule has 1 atom stereocenters. The van der Waals surface area contributed by atoms with E-state index in [9.17, 15) is 13.2 Å². The first-order chi connectivity index (χ1) is 15.2. The van der Waals surface area contributed by atoms with Crippen LogP contribution in [0.3, 0.4) is 0 Å². The van der Waals surface area contributed by atoms with Crippen molar-refractivity contribution in [3.8, 4) is 11.8 Å². The molecule has 14 nitrogen and oxygen atoms in total. The number of amides is 2. The first kappa shape index (κ1) is 24.1. The van der Waals surface area contributed by atoms with Crippen molar-refractivity contribution < 1.29 is 32.3 Å². The number of urea groups is 1. The van der Waals surface area contributed by atoms with E-state index in [1.807, 2.05) is 4.72 Å². The number of methoxy groups -OCH3 is 2. The summed E-state index contributed by atoms with van der Waals surface area (Å²) in [6.07, 6.45) is -0.369. The summed E-state index contributed by atoms with van der Waals surface area (Å²) in [7, 11) is -0.469. The molecular weight excluding hydrogens is 585 g/mol. The maximum absolute atomic E-state index is 13.0. The molecule has 1 aliphatic heterocycles. The van der Waals surface area contributed by atoms with Gasteiger partial charge in [-0.15, -0.1) is 0 Å². The zero-order chi connectivity index (χ0) is 23.5. The summed E-state index contributed by atoms with van der Waals surface area (Å²) in [5.41, 5.74) is -0.150. The van der Waals surface area contributed by atoms with E-state index >= 15 is 0 Å². The standard InChI is InChI=1S/C15H17ClIN7O7S/c1-24-13(10(11(16)21-24)12-22-30-6-7(5-17)31-12)32(26,27)23-15(25)20-14-18-8(28-2)4-9(19-14)29-3/h4,7H,5-6H2,1-3H3,(H2,18,19,20,23,25). The molecular formula is C15H17ClIN7O7S. The molecule has 2 aromatic heterocycles. The first-order valence-electron chi connectivity index (χ1n) is 8.64. The zero-order valence-corrected chi connectivity index (χ0v) is 20.6. The van der Waals surface area contributed by atoms with Crippen LogP contribution in [0.5, 0.6) is 11.8 Å². The molecule has 174 valence electrons. The van der Waals surface area contributed by atoms with E-state index in [-0.39, 0.29) is 47.0 Å². The summed E-state index contributed by atoms with van der Waals surface area (Å²) in [6, 6.07) is 0.219. The average Bonchev–Trinajstić information content (AvgIpc) is 3.07. The Morgan fingerprint density at radius 3 is 2.59 bits per heavy atom. The van der Waals surface area contributed by atoms with Crippen LogP contribution < -0.4 is 19.5 Å². The van der Waals surface area contributed by atoms with Crippen molar-refractivity contribution in [3.63, 3.8) is 0 Å². The summed E-state index contributed by atoms with van der Waals surface area (Å²) in [6.45, 7) is 0.192. The number of nitrogens with zero attached hydrogens (tertiary/aromatic N) is 5. The van der Waals surface area contributed by atoms with Gasteiger partial charge in [0.15, 0.2) is 16.8 Å². The Morgan fingerprint density at radius 1 is 1.34 bits per heavy atom. The van der Waals surface area contributed by atoms with Crippen LogP contribution in [0.15, 0.2) is 16.2 Å². The number of halogens is 2. The number of hydrogen-bond acceptors (Lipinski definition) is 11. The Kier molecular flexibility index (Phi) is 7.44. The highest BCUT2D eigenvalue weighted by atomic mass is 127. The zero-order valence-electron chi connectivity index (χ0n) is 16.8. The lowest BCUT2D eigenvalue weighted by atomic mass is 10.3. The van der Waals surface area contributed by atoms with Crippen molar-refractivity contribution in [3.05, 3.63) is 16.8 Å². The normalized spacial score (nSPS) is 15.8. The van der Waals surface area contributed by atoms with Crippen molar-refractivity contribution >= 4 is 62.1 Å². The van der Waals surface area contributed by atoms with Crippen LogP contribution in [0.4, 0.5) is 10.7 Å². The molecule has 3 rings (SSSR count). The summed E-state index contributed by atoms with van der Waals surface area (Å²) < 4.78 is 45.0. The largest absolute Gasteiger partial charge is 0.481 e. The third-order valence-corrected chi connectivity index (χ3v) is 6.51. The van der Waals surface area contributed by atoms with Crippen LogP contribution in [0.1, 0.15) is 5.56 Å². The molecule has 2 aromatic rings. The lowest BCUT2D eigenvalue weighted by Gasteiger charge is -2.21. The number of anilines is 1. The summed E-state index contributed by atoms with van der Waals surface area (Å²) in [5.74, 6) is -0.242. The predicted octanol–water partition coefficient (Wildman–Crippen LogP) is 0.903. The van der Waals surface area contributed by atoms with E-state index in [0.29, 0.717) is 4.43 Å². The SMILES string of the molecule is COc1cc(OC)nc(NC(=O)NS(=O)(=O)c2c(C3=NOCC(CI)O3)c(Cl)nn2C)n1. The molecule has 1 aliphatic rings. The van der Waals surface area contributed by atoms with Crippen LogP contribution in [-0.2, 0) is 26.6 Å². The van der Waals surface area contributed by atoms with Gasteiger partial charge in [-0.3, -0.25) is 10.00 Å². The number of oxime groups is 1. The van der Waals surface area contributed by atoms with E-state index in [1.54, 1.807) is 0 Å². The van der Waals surface area contributed by atoms with Gasteiger partial charge in [-0.1, -0.05) is 34.2 Å². The van der Waals surface area contributed by atoms with Gasteiger partial charge in [-0.2, -0.15) is 23.5 Å². The molecule has 0 bridgehead atoms. The molecule has 3 heterocycles. The Labute approximate surface area is 200 Å². The lowest BCUT2D eigenvalue weighted by Crippen LogP contribution is -2.37. The second-order valence-corrected chi connectivity index (χ2v) is 8.85. The van der Waals surface area contributed by atoms with Crippen LogP contribution in [0, 0.1) is 0 Å². The first-order valence-corrected chi connectivity index (χ1v) is 12.0. The van der Waals surface area contributed by atoms with Gasteiger partial charge in [0.2, 0.25) is 17.7 Å². The highest BCUT2D eigenvalue weighted by Gasteiger charge is 2.34. The number of aryl methyl sites for hydroxylation is 1. The number of nitrogens with one attached hydrogen (secondary N) is 2. The quantitative estimate of drug-likeness (QED) is 0.344. The number of aromatic nitrogens is 4. The van der Waals surface area contributed by atoms with Gasteiger partial charge in [0.05, 0.1) is 20.3 Å². The van der Waals surface area contributed by atoms with Crippen molar-refractivity contribution in [1.82, 2.24) is 24.5 Å². The Morgan fingerprint density at radius 2 is 2.00 bits per heavy atom. The van der Waals surface area contributed by atoms with Gasteiger partial charge in [-0.05, 0) is 5.16 Å².